The van der Waals surface area contributed by atoms with Crippen LogP contribution in [0.1, 0.15) is 19.4 Å². The highest BCUT2D eigenvalue weighted by molar-refractivity contribution is 9.10. The van der Waals surface area contributed by atoms with Crippen molar-refractivity contribution in [3.63, 3.8) is 0 Å². The van der Waals surface area contributed by atoms with Crippen molar-refractivity contribution in [1.82, 2.24) is 4.90 Å². The molecular formula is C22H23BrN2O4. The van der Waals surface area contributed by atoms with Crippen LogP contribution in [0.3, 0.4) is 0 Å². The van der Waals surface area contributed by atoms with E-state index in [4.69, 9.17) is 9.47 Å². The van der Waals surface area contributed by atoms with Gasteiger partial charge in [-0.1, -0.05) is 34.1 Å². The number of hydrogen-bond acceptors (Lipinski definition) is 5. The molecule has 7 heteroatoms. The summed E-state index contributed by atoms with van der Waals surface area (Å²) >= 11 is 3.42. The molecule has 2 aromatic rings. The van der Waals surface area contributed by atoms with Gasteiger partial charge in [0.2, 0.25) is 0 Å². The van der Waals surface area contributed by atoms with E-state index in [-0.39, 0.29) is 36.8 Å². The second-order valence-electron chi connectivity index (χ2n) is 6.83. The van der Waals surface area contributed by atoms with Gasteiger partial charge in [-0.2, -0.15) is 0 Å². The van der Waals surface area contributed by atoms with Gasteiger partial charge in [-0.25, -0.2) is 0 Å². The molecule has 0 spiro atoms. The van der Waals surface area contributed by atoms with E-state index in [0.29, 0.717) is 22.6 Å². The minimum absolute atomic E-state index is 0.0491. The third kappa shape index (κ3) is 4.86. The van der Waals surface area contributed by atoms with Crippen molar-refractivity contribution in [2.75, 3.05) is 25.6 Å². The molecule has 0 atom stereocenters. The predicted octanol–water partition coefficient (Wildman–Crippen LogP) is 4.07. The van der Waals surface area contributed by atoms with Gasteiger partial charge in [0, 0.05) is 17.3 Å². The Morgan fingerprint density at radius 1 is 1.07 bits per heavy atom. The molecule has 2 aromatic carbocycles. The number of ether oxygens (including phenoxy) is 2. The van der Waals surface area contributed by atoms with Gasteiger partial charge in [0.1, 0.15) is 11.4 Å². The van der Waals surface area contributed by atoms with Crippen LogP contribution in [0, 0.1) is 0 Å². The fourth-order valence-corrected chi connectivity index (χ4v) is 3.43. The number of nitrogens with zero attached hydrogens (tertiary/aromatic N) is 1. The van der Waals surface area contributed by atoms with Crippen LogP contribution >= 0.6 is 15.9 Å². The maximum Gasteiger partial charge on any atom is 0.278 e. The Kier molecular flexibility index (Phi) is 6.71. The first-order valence-corrected chi connectivity index (χ1v) is 10.1. The molecule has 152 valence electrons. The summed E-state index contributed by atoms with van der Waals surface area (Å²) in [6.45, 7) is 4.36. The Morgan fingerprint density at radius 2 is 1.79 bits per heavy atom. The monoisotopic (exact) mass is 458 g/mol. The van der Waals surface area contributed by atoms with Crippen molar-refractivity contribution in [3.8, 4) is 5.75 Å². The first-order valence-electron chi connectivity index (χ1n) is 9.29. The number of carbonyl (C=O) groups is 2. The molecule has 0 saturated carbocycles. The Balaban J connectivity index is 1.99. The molecule has 1 heterocycles. The fourth-order valence-electron chi connectivity index (χ4n) is 3.03. The van der Waals surface area contributed by atoms with Gasteiger partial charge in [-0.15, -0.1) is 0 Å². The highest BCUT2D eigenvalue weighted by atomic mass is 79.9. The maximum absolute atomic E-state index is 13.1. The molecule has 1 N–H and O–H groups in total. The van der Waals surface area contributed by atoms with Crippen molar-refractivity contribution in [3.05, 3.63) is 64.3 Å². The standard InChI is InChI=1S/C22H23BrN2O4/c1-14(2)29-18-9-7-15(8-10-18)19-20(24-17-6-4-5-16(23)13-17)22(27)25(21(19)26)11-12-28-3/h4-10,13-14,24H,11-12H2,1-3H3. The zero-order valence-corrected chi connectivity index (χ0v) is 18.2. The summed E-state index contributed by atoms with van der Waals surface area (Å²) in [6, 6.07) is 14.6. The third-order valence-electron chi connectivity index (χ3n) is 4.30. The van der Waals surface area contributed by atoms with Crippen LogP contribution in [0.4, 0.5) is 5.69 Å². The Morgan fingerprint density at radius 3 is 2.41 bits per heavy atom. The zero-order valence-electron chi connectivity index (χ0n) is 16.6. The number of methoxy groups -OCH3 is 1. The molecule has 6 nitrogen and oxygen atoms in total. The first kappa shape index (κ1) is 21.1. The second-order valence-corrected chi connectivity index (χ2v) is 7.75. The van der Waals surface area contributed by atoms with Gasteiger partial charge in [0.05, 0.1) is 24.8 Å². The summed E-state index contributed by atoms with van der Waals surface area (Å²) in [7, 11) is 1.54. The number of benzene rings is 2. The summed E-state index contributed by atoms with van der Waals surface area (Å²) in [5.41, 5.74) is 1.95. The van der Waals surface area contributed by atoms with Gasteiger partial charge >= 0.3 is 0 Å². The summed E-state index contributed by atoms with van der Waals surface area (Å²) in [5, 5.41) is 3.13. The number of anilines is 1. The highest BCUT2D eigenvalue weighted by Gasteiger charge is 2.39. The molecule has 3 rings (SSSR count). The van der Waals surface area contributed by atoms with E-state index >= 15 is 0 Å². The van der Waals surface area contributed by atoms with E-state index in [2.05, 4.69) is 21.2 Å². The van der Waals surface area contributed by atoms with Gasteiger partial charge in [-0.05, 0) is 49.7 Å². The maximum atomic E-state index is 13.1. The van der Waals surface area contributed by atoms with Crippen molar-refractivity contribution in [2.24, 2.45) is 0 Å². The lowest BCUT2D eigenvalue weighted by Crippen LogP contribution is -2.35. The van der Waals surface area contributed by atoms with E-state index in [1.54, 1.807) is 24.3 Å². The minimum atomic E-state index is -0.371. The average Bonchev–Trinajstić information content (AvgIpc) is 2.90. The summed E-state index contributed by atoms with van der Waals surface area (Å²) < 4.78 is 11.6. The van der Waals surface area contributed by atoms with Gasteiger partial charge in [0.25, 0.3) is 11.8 Å². The largest absolute Gasteiger partial charge is 0.491 e. The smallest absolute Gasteiger partial charge is 0.278 e. The molecule has 0 saturated heterocycles. The Hall–Kier alpha value is -2.64. The topological polar surface area (TPSA) is 67.9 Å². The van der Waals surface area contributed by atoms with Gasteiger partial charge in [-0.3, -0.25) is 14.5 Å². The van der Waals surface area contributed by atoms with Crippen LogP contribution < -0.4 is 10.1 Å². The lowest BCUT2D eigenvalue weighted by atomic mass is 10.0. The van der Waals surface area contributed by atoms with Crippen molar-refractivity contribution in [2.45, 2.75) is 20.0 Å². The van der Waals surface area contributed by atoms with E-state index in [1.807, 2.05) is 38.1 Å². The molecular weight excluding hydrogens is 436 g/mol. The lowest BCUT2D eigenvalue weighted by molar-refractivity contribution is -0.137. The van der Waals surface area contributed by atoms with Crippen LogP contribution in [0.5, 0.6) is 5.75 Å². The Bertz CT molecular complexity index is 938. The number of carbonyl (C=O) groups excluding carboxylic acids is 2. The number of halogens is 1. The number of rotatable bonds is 8. The van der Waals surface area contributed by atoms with Crippen molar-refractivity contribution in [1.29, 1.82) is 0 Å². The SMILES string of the molecule is COCCN1C(=O)C(Nc2cccc(Br)c2)=C(c2ccc(OC(C)C)cc2)C1=O. The van der Waals surface area contributed by atoms with Gasteiger partial charge in [0.15, 0.2) is 0 Å². The summed E-state index contributed by atoms with van der Waals surface area (Å²) in [4.78, 5) is 27.3. The molecule has 0 aromatic heterocycles. The quantitative estimate of drug-likeness (QED) is 0.603. The van der Waals surface area contributed by atoms with E-state index in [0.717, 1.165) is 4.47 Å². The second kappa shape index (κ2) is 9.24. The number of imide groups is 1. The van der Waals surface area contributed by atoms with Crippen LogP contribution in [-0.2, 0) is 14.3 Å². The minimum Gasteiger partial charge on any atom is -0.491 e. The van der Waals surface area contributed by atoms with Crippen LogP contribution in [0.25, 0.3) is 5.57 Å². The summed E-state index contributed by atoms with van der Waals surface area (Å²) in [5.74, 6) is -0.00883. The van der Waals surface area contributed by atoms with Crippen LogP contribution in [0.2, 0.25) is 0 Å². The lowest BCUT2D eigenvalue weighted by Gasteiger charge is -2.14. The van der Waals surface area contributed by atoms with Gasteiger partial charge < -0.3 is 14.8 Å². The molecule has 2 amide bonds. The van der Waals surface area contributed by atoms with E-state index in [9.17, 15) is 9.59 Å². The Labute approximate surface area is 178 Å². The van der Waals surface area contributed by atoms with Crippen LogP contribution in [0.15, 0.2) is 58.7 Å². The molecule has 1 aliphatic rings. The normalized spacial score (nSPS) is 14.2. The predicted molar refractivity (Wildman–Crippen MR) is 115 cm³/mol. The molecule has 0 radical (unpaired) electrons. The van der Waals surface area contributed by atoms with E-state index < -0.39 is 0 Å². The molecule has 0 bridgehead atoms. The number of nitrogens with one attached hydrogen (secondary N) is 1. The van der Waals surface area contributed by atoms with E-state index in [1.165, 1.54) is 12.0 Å². The average molecular weight is 459 g/mol. The first-order chi connectivity index (χ1) is 13.9. The number of amides is 2. The summed E-state index contributed by atoms with van der Waals surface area (Å²) in [6.07, 6.45) is 0.0491. The zero-order chi connectivity index (χ0) is 21.0. The molecule has 1 aliphatic heterocycles. The third-order valence-corrected chi connectivity index (χ3v) is 4.79. The highest BCUT2D eigenvalue weighted by Crippen LogP contribution is 2.32. The fraction of sp³-hybridized carbons (Fsp3) is 0.273. The van der Waals surface area contributed by atoms with Crippen molar-refractivity contribution >= 4 is 39.0 Å². The van der Waals surface area contributed by atoms with Crippen molar-refractivity contribution < 1.29 is 19.1 Å². The molecule has 0 fully saturated rings. The molecule has 0 unspecified atom stereocenters. The molecule has 0 aliphatic carbocycles. The number of hydrogen-bond donors (Lipinski definition) is 1. The van der Waals surface area contributed by atoms with Crippen LogP contribution in [-0.4, -0.2) is 43.1 Å². The molecule has 29 heavy (non-hydrogen) atoms.